The van der Waals surface area contributed by atoms with Crippen LogP contribution in [0, 0.1) is 0 Å². The van der Waals surface area contributed by atoms with Crippen molar-refractivity contribution in [1.82, 2.24) is 13.5 Å². The Labute approximate surface area is 126 Å². The molecule has 8 heteroatoms. The van der Waals surface area contributed by atoms with Crippen LogP contribution in [-0.2, 0) is 14.9 Å². The smallest absolute Gasteiger partial charge is 0.281 e. The molecule has 20 heavy (non-hydrogen) atoms. The van der Waals surface area contributed by atoms with E-state index in [2.05, 4.69) is 4.90 Å². The third-order valence-corrected chi connectivity index (χ3v) is 6.24. The Morgan fingerprint density at radius 1 is 1.30 bits per heavy atom. The lowest BCUT2D eigenvalue weighted by molar-refractivity contribution is 0.0196. The fourth-order valence-corrected chi connectivity index (χ4v) is 4.33. The molecule has 1 atom stereocenters. The Bertz CT molecular complexity index is 401. The fraction of sp³-hybridized carbons (Fsp3) is 1.00. The van der Waals surface area contributed by atoms with Crippen molar-refractivity contribution in [3.05, 3.63) is 0 Å². The molecule has 118 valence electrons. The van der Waals surface area contributed by atoms with Gasteiger partial charge < -0.3 is 4.74 Å². The van der Waals surface area contributed by atoms with Gasteiger partial charge in [-0.2, -0.15) is 17.0 Å². The second-order valence-corrected chi connectivity index (χ2v) is 7.73. The molecule has 6 nitrogen and oxygen atoms in total. The van der Waals surface area contributed by atoms with Crippen LogP contribution in [0.4, 0.5) is 0 Å². The minimum Gasteiger partial charge on any atom is -0.379 e. The van der Waals surface area contributed by atoms with E-state index < -0.39 is 10.2 Å². The first-order chi connectivity index (χ1) is 9.55. The molecular weight excluding hydrogens is 302 g/mol. The standard InChI is InChI=1S/C12H24ClN3O3S/c1-14(5-2-4-13)20(17,18)16-6-3-12(11-16)15-7-9-19-10-8-15/h12H,2-11H2,1H3. The van der Waals surface area contributed by atoms with E-state index in [4.69, 9.17) is 16.3 Å². The summed E-state index contributed by atoms with van der Waals surface area (Å²) in [7, 11) is -1.70. The van der Waals surface area contributed by atoms with E-state index in [1.165, 1.54) is 4.31 Å². The van der Waals surface area contributed by atoms with Gasteiger partial charge in [-0.3, -0.25) is 4.90 Å². The SMILES string of the molecule is CN(CCCCl)S(=O)(=O)N1CCC(N2CCOCC2)C1. The number of nitrogens with zero attached hydrogens (tertiary/aromatic N) is 3. The molecule has 2 heterocycles. The topological polar surface area (TPSA) is 53.1 Å². The average molecular weight is 326 g/mol. The maximum atomic E-state index is 12.4. The third kappa shape index (κ3) is 3.84. The second-order valence-electron chi connectivity index (χ2n) is 5.32. The molecule has 0 aromatic heterocycles. The van der Waals surface area contributed by atoms with E-state index in [1.54, 1.807) is 11.4 Å². The van der Waals surface area contributed by atoms with Crippen LogP contribution in [0.2, 0.25) is 0 Å². The molecule has 2 aliphatic heterocycles. The molecule has 0 radical (unpaired) electrons. The van der Waals surface area contributed by atoms with E-state index in [1.807, 2.05) is 0 Å². The summed E-state index contributed by atoms with van der Waals surface area (Å²) in [5.41, 5.74) is 0. The average Bonchev–Trinajstić information content (AvgIpc) is 2.96. The van der Waals surface area contributed by atoms with Gasteiger partial charge >= 0.3 is 0 Å². The summed E-state index contributed by atoms with van der Waals surface area (Å²) in [5.74, 6) is 0.482. The van der Waals surface area contributed by atoms with Gasteiger partial charge in [-0.1, -0.05) is 0 Å². The summed E-state index contributed by atoms with van der Waals surface area (Å²) in [5, 5.41) is 0. The largest absolute Gasteiger partial charge is 0.379 e. The fourth-order valence-electron chi connectivity index (χ4n) is 2.76. The first-order valence-electron chi connectivity index (χ1n) is 7.15. The van der Waals surface area contributed by atoms with Crippen LogP contribution in [0.1, 0.15) is 12.8 Å². The predicted molar refractivity (Wildman–Crippen MR) is 79.3 cm³/mol. The Morgan fingerprint density at radius 3 is 2.65 bits per heavy atom. The molecule has 0 aromatic rings. The first-order valence-corrected chi connectivity index (χ1v) is 9.08. The van der Waals surface area contributed by atoms with Gasteiger partial charge in [0.2, 0.25) is 0 Å². The molecule has 2 aliphatic rings. The summed E-state index contributed by atoms with van der Waals surface area (Å²) in [6.45, 7) is 4.98. The molecule has 0 amide bonds. The van der Waals surface area contributed by atoms with Crippen molar-refractivity contribution < 1.29 is 13.2 Å². The predicted octanol–water partition coefficient (Wildman–Crippen LogP) is 0.198. The Balaban J connectivity index is 1.90. The zero-order valence-electron chi connectivity index (χ0n) is 12.0. The molecule has 2 fully saturated rings. The molecule has 0 N–H and O–H groups in total. The molecular formula is C12H24ClN3O3S. The van der Waals surface area contributed by atoms with Crippen LogP contribution in [-0.4, -0.2) is 86.8 Å². The number of ether oxygens (including phenoxy) is 1. The van der Waals surface area contributed by atoms with Crippen LogP contribution in [0.25, 0.3) is 0 Å². The molecule has 0 aromatic carbocycles. The van der Waals surface area contributed by atoms with Crippen molar-refractivity contribution in [3.63, 3.8) is 0 Å². The van der Waals surface area contributed by atoms with E-state index in [0.29, 0.717) is 38.0 Å². The monoisotopic (exact) mass is 325 g/mol. The van der Waals surface area contributed by atoms with E-state index in [9.17, 15) is 8.42 Å². The lowest BCUT2D eigenvalue weighted by Gasteiger charge is -2.32. The molecule has 2 saturated heterocycles. The van der Waals surface area contributed by atoms with Gasteiger partial charge in [0, 0.05) is 51.7 Å². The minimum absolute atomic E-state index is 0.329. The van der Waals surface area contributed by atoms with Crippen molar-refractivity contribution in [2.75, 3.05) is 58.9 Å². The zero-order chi connectivity index (χ0) is 14.6. The van der Waals surface area contributed by atoms with Gasteiger partial charge in [0.05, 0.1) is 13.2 Å². The Morgan fingerprint density at radius 2 is 2.00 bits per heavy atom. The number of alkyl halides is 1. The van der Waals surface area contributed by atoms with Crippen LogP contribution in [0.5, 0.6) is 0 Å². The highest BCUT2D eigenvalue weighted by Gasteiger charge is 2.36. The van der Waals surface area contributed by atoms with Crippen molar-refractivity contribution >= 4 is 21.8 Å². The van der Waals surface area contributed by atoms with E-state index in [-0.39, 0.29) is 0 Å². The van der Waals surface area contributed by atoms with E-state index >= 15 is 0 Å². The highest BCUT2D eigenvalue weighted by atomic mass is 35.5. The lowest BCUT2D eigenvalue weighted by Crippen LogP contribution is -2.46. The Kier molecular flexibility index (Phi) is 6.07. The summed E-state index contributed by atoms with van der Waals surface area (Å²) >= 11 is 5.63. The number of morpholine rings is 1. The maximum Gasteiger partial charge on any atom is 0.281 e. The highest BCUT2D eigenvalue weighted by Crippen LogP contribution is 2.21. The van der Waals surface area contributed by atoms with Crippen molar-refractivity contribution in [2.24, 2.45) is 0 Å². The maximum absolute atomic E-state index is 12.4. The van der Waals surface area contributed by atoms with Crippen LogP contribution < -0.4 is 0 Å². The molecule has 0 bridgehead atoms. The molecule has 1 unspecified atom stereocenters. The number of hydrogen-bond acceptors (Lipinski definition) is 4. The minimum atomic E-state index is -3.33. The Hall–Kier alpha value is 0.0800. The van der Waals surface area contributed by atoms with Gasteiger partial charge in [-0.05, 0) is 12.8 Å². The van der Waals surface area contributed by atoms with Gasteiger partial charge in [-0.25, -0.2) is 0 Å². The number of halogens is 1. The summed E-state index contributed by atoms with van der Waals surface area (Å²) in [6, 6.07) is 0.329. The molecule has 2 rings (SSSR count). The van der Waals surface area contributed by atoms with Crippen molar-refractivity contribution in [2.45, 2.75) is 18.9 Å². The van der Waals surface area contributed by atoms with Crippen molar-refractivity contribution in [1.29, 1.82) is 0 Å². The third-order valence-electron chi connectivity index (χ3n) is 4.01. The summed E-state index contributed by atoms with van der Waals surface area (Å²) in [4.78, 5) is 2.35. The van der Waals surface area contributed by atoms with Crippen LogP contribution in [0.15, 0.2) is 0 Å². The molecule has 0 spiro atoms. The first kappa shape index (κ1) is 16.5. The van der Waals surface area contributed by atoms with Crippen LogP contribution in [0.3, 0.4) is 0 Å². The highest BCUT2D eigenvalue weighted by molar-refractivity contribution is 7.86. The lowest BCUT2D eigenvalue weighted by atomic mass is 10.2. The normalized spacial score (nSPS) is 26.4. The molecule has 0 saturated carbocycles. The van der Waals surface area contributed by atoms with Crippen LogP contribution >= 0.6 is 11.6 Å². The van der Waals surface area contributed by atoms with Gasteiger partial charge in [0.1, 0.15) is 0 Å². The van der Waals surface area contributed by atoms with Gasteiger partial charge in [0.15, 0.2) is 0 Å². The van der Waals surface area contributed by atoms with Crippen molar-refractivity contribution in [3.8, 4) is 0 Å². The molecule has 0 aliphatic carbocycles. The number of rotatable bonds is 6. The number of hydrogen-bond donors (Lipinski definition) is 0. The second kappa shape index (κ2) is 7.38. The van der Waals surface area contributed by atoms with Gasteiger partial charge in [-0.15, -0.1) is 11.6 Å². The van der Waals surface area contributed by atoms with Gasteiger partial charge in [0.25, 0.3) is 10.2 Å². The van der Waals surface area contributed by atoms with E-state index in [0.717, 1.165) is 32.7 Å². The summed E-state index contributed by atoms with van der Waals surface area (Å²) in [6.07, 6.45) is 1.58. The summed E-state index contributed by atoms with van der Waals surface area (Å²) < 4.78 is 33.2. The zero-order valence-corrected chi connectivity index (χ0v) is 13.6. The quantitative estimate of drug-likeness (QED) is 0.655.